The van der Waals surface area contributed by atoms with E-state index >= 15 is 0 Å². The zero-order valence-corrected chi connectivity index (χ0v) is 10.9. The molecule has 1 rings (SSSR count). The Morgan fingerprint density at radius 1 is 1.24 bits per heavy atom. The standard InChI is InChI=1S/C11H20F3NOS/c1-17(16)8-2-7-15-10-5-3-9(4-6-10)11(12,13)14/h9-10,15H,2-8H2,1H3. The van der Waals surface area contributed by atoms with Crippen LogP contribution < -0.4 is 5.32 Å². The molecule has 1 atom stereocenters. The van der Waals surface area contributed by atoms with Crippen LogP contribution in [-0.4, -0.2) is 35.0 Å². The Bertz CT molecular complexity index is 250. The van der Waals surface area contributed by atoms with Crippen molar-refractivity contribution < 1.29 is 17.4 Å². The van der Waals surface area contributed by atoms with E-state index in [1.54, 1.807) is 6.26 Å². The van der Waals surface area contributed by atoms with E-state index in [2.05, 4.69) is 5.32 Å². The molecule has 0 aromatic rings. The van der Waals surface area contributed by atoms with E-state index in [-0.39, 0.29) is 18.9 Å². The third-order valence-corrected chi connectivity index (χ3v) is 4.10. The summed E-state index contributed by atoms with van der Waals surface area (Å²) < 4.78 is 48.0. The van der Waals surface area contributed by atoms with Crippen molar-refractivity contribution in [3.8, 4) is 0 Å². The lowest BCUT2D eigenvalue weighted by atomic mass is 9.85. The molecule has 1 fully saturated rings. The first-order chi connectivity index (χ1) is 7.89. The van der Waals surface area contributed by atoms with Crippen LogP contribution in [0.4, 0.5) is 13.2 Å². The van der Waals surface area contributed by atoms with Crippen LogP contribution in [0.15, 0.2) is 0 Å². The highest BCUT2D eigenvalue weighted by molar-refractivity contribution is 7.84. The van der Waals surface area contributed by atoms with Crippen molar-refractivity contribution in [1.29, 1.82) is 0 Å². The molecule has 17 heavy (non-hydrogen) atoms. The predicted molar refractivity (Wildman–Crippen MR) is 63.4 cm³/mol. The number of halogens is 3. The highest BCUT2D eigenvalue weighted by Crippen LogP contribution is 2.37. The molecule has 6 heteroatoms. The van der Waals surface area contributed by atoms with Crippen LogP contribution in [0.5, 0.6) is 0 Å². The van der Waals surface area contributed by atoms with Crippen molar-refractivity contribution in [2.45, 2.75) is 44.3 Å². The molecule has 2 nitrogen and oxygen atoms in total. The van der Waals surface area contributed by atoms with Gasteiger partial charge in [0.05, 0.1) is 5.92 Å². The predicted octanol–water partition coefficient (Wildman–Crippen LogP) is 2.47. The average Bonchev–Trinajstić information content (AvgIpc) is 2.23. The summed E-state index contributed by atoms with van der Waals surface area (Å²) in [5, 5.41) is 3.25. The van der Waals surface area contributed by atoms with Gasteiger partial charge in [-0.2, -0.15) is 13.2 Å². The molecule has 0 amide bonds. The summed E-state index contributed by atoms with van der Waals surface area (Å²) in [7, 11) is -0.778. The van der Waals surface area contributed by atoms with Crippen molar-refractivity contribution in [2.24, 2.45) is 5.92 Å². The summed E-state index contributed by atoms with van der Waals surface area (Å²) in [4.78, 5) is 0. The zero-order chi connectivity index (χ0) is 12.9. The van der Waals surface area contributed by atoms with Crippen molar-refractivity contribution in [3.63, 3.8) is 0 Å². The number of rotatable bonds is 5. The SMILES string of the molecule is CS(=O)CCCNC1CCC(C(F)(F)F)CC1. The Labute approximate surface area is 103 Å². The molecule has 0 heterocycles. The molecule has 1 N–H and O–H groups in total. The Kier molecular flexibility index (Phi) is 5.92. The molecule has 1 aliphatic carbocycles. The van der Waals surface area contributed by atoms with Crippen LogP contribution in [0.3, 0.4) is 0 Å². The molecule has 1 aliphatic rings. The molecule has 102 valence electrons. The molecule has 0 saturated heterocycles. The summed E-state index contributed by atoms with van der Waals surface area (Å²) >= 11 is 0. The lowest BCUT2D eigenvalue weighted by molar-refractivity contribution is -0.182. The molecule has 0 aliphatic heterocycles. The number of hydrogen-bond donors (Lipinski definition) is 1. The fourth-order valence-electron chi connectivity index (χ4n) is 2.21. The fraction of sp³-hybridized carbons (Fsp3) is 1.00. The average molecular weight is 271 g/mol. The minimum atomic E-state index is -4.02. The second-order valence-corrected chi connectivity index (χ2v) is 6.23. The third-order valence-electron chi connectivity index (χ3n) is 3.23. The molecular formula is C11H20F3NOS. The second-order valence-electron chi connectivity index (χ2n) is 4.68. The van der Waals surface area contributed by atoms with Gasteiger partial charge in [0.2, 0.25) is 0 Å². The lowest BCUT2D eigenvalue weighted by Crippen LogP contribution is -2.37. The maximum Gasteiger partial charge on any atom is 0.391 e. The van der Waals surface area contributed by atoms with E-state index in [4.69, 9.17) is 0 Å². The first kappa shape index (κ1) is 15.0. The highest BCUT2D eigenvalue weighted by atomic mass is 32.2. The van der Waals surface area contributed by atoms with Crippen LogP contribution in [0.2, 0.25) is 0 Å². The number of alkyl halides is 3. The van der Waals surface area contributed by atoms with E-state index in [9.17, 15) is 17.4 Å². The molecule has 0 spiro atoms. The van der Waals surface area contributed by atoms with Crippen LogP contribution in [0, 0.1) is 5.92 Å². The van der Waals surface area contributed by atoms with Gasteiger partial charge in [0, 0.05) is 28.9 Å². The van der Waals surface area contributed by atoms with Gasteiger partial charge in [-0.3, -0.25) is 4.21 Å². The van der Waals surface area contributed by atoms with Crippen LogP contribution in [-0.2, 0) is 10.8 Å². The van der Waals surface area contributed by atoms with Gasteiger partial charge in [-0.05, 0) is 38.6 Å². The first-order valence-electron chi connectivity index (χ1n) is 5.99. The van der Waals surface area contributed by atoms with Gasteiger partial charge in [0.15, 0.2) is 0 Å². The number of hydrogen-bond acceptors (Lipinski definition) is 2. The van der Waals surface area contributed by atoms with Crippen LogP contribution >= 0.6 is 0 Å². The van der Waals surface area contributed by atoms with Gasteiger partial charge in [0.1, 0.15) is 0 Å². The van der Waals surface area contributed by atoms with Gasteiger partial charge in [-0.15, -0.1) is 0 Å². The Morgan fingerprint density at radius 2 is 1.82 bits per heavy atom. The van der Waals surface area contributed by atoms with Crippen molar-refractivity contribution in [1.82, 2.24) is 5.32 Å². The van der Waals surface area contributed by atoms with Gasteiger partial charge >= 0.3 is 6.18 Å². The molecule has 0 bridgehead atoms. The summed E-state index contributed by atoms with van der Waals surface area (Å²) in [6.07, 6.45) is 0.126. The van der Waals surface area contributed by atoms with Crippen molar-refractivity contribution >= 4 is 10.8 Å². The van der Waals surface area contributed by atoms with Crippen LogP contribution in [0.1, 0.15) is 32.1 Å². The molecule has 0 aromatic carbocycles. The summed E-state index contributed by atoms with van der Waals surface area (Å²) in [6, 6.07) is 0.207. The Morgan fingerprint density at radius 3 is 2.29 bits per heavy atom. The fourth-order valence-corrected chi connectivity index (χ4v) is 2.76. The summed E-state index contributed by atoms with van der Waals surface area (Å²) in [6.45, 7) is 0.751. The quantitative estimate of drug-likeness (QED) is 0.778. The molecule has 0 radical (unpaired) electrons. The van der Waals surface area contributed by atoms with E-state index in [0.717, 1.165) is 13.0 Å². The van der Waals surface area contributed by atoms with Gasteiger partial charge in [0.25, 0.3) is 0 Å². The van der Waals surface area contributed by atoms with Gasteiger partial charge in [-0.1, -0.05) is 0 Å². The highest BCUT2D eigenvalue weighted by Gasteiger charge is 2.41. The topological polar surface area (TPSA) is 29.1 Å². The van der Waals surface area contributed by atoms with Crippen molar-refractivity contribution in [2.75, 3.05) is 18.6 Å². The monoisotopic (exact) mass is 271 g/mol. The smallest absolute Gasteiger partial charge is 0.314 e. The van der Waals surface area contributed by atoms with Crippen LogP contribution in [0.25, 0.3) is 0 Å². The number of nitrogens with one attached hydrogen (secondary N) is 1. The van der Waals surface area contributed by atoms with Gasteiger partial charge < -0.3 is 5.32 Å². The van der Waals surface area contributed by atoms with Gasteiger partial charge in [-0.25, -0.2) is 0 Å². The molecular weight excluding hydrogens is 251 g/mol. The Hall–Kier alpha value is -0.100. The maximum atomic E-state index is 12.4. The largest absolute Gasteiger partial charge is 0.391 e. The summed E-state index contributed by atoms with van der Waals surface area (Å²) in [5.74, 6) is -0.450. The maximum absolute atomic E-state index is 12.4. The zero-order valence-electron chi connectivity index (χ0n) is 10.1. The minimum Gasteiger partial charge on any atom is -0.314 e. The Balaban J connectivity index is 2.13. The second kappa shape index (κ2) is 6.73. The lowest BCUT2D eigenvalue weighted by Gasteiger charge is -2.30. The molecule has 1 unspecified atom stereocenters. The van der Waals surface area contributed by atoms with E-state index < -0.39 is 22.9 Å². The van der Waals surface area contributed by atoms with E-state index in [1.165, 1.54) is 0 Å². The third kappa shape index (κ3) is 5.86. The normalized spacial score (nSPS) is 28.0. The van der Waals surface area contributed by atoms with E-state index in [1.807, 2.05) is 0 Å². The van der Waals surface area contributed by atoms with Crippen molar-refractivity contribution in [3.05, 3.63) is 0 Å². The minimum absolute atomic E-state index is 0.207. The van der Waals surface area contributed by atoms with E-state index in [0.29, 0.717) is 18.6 Å². The summed E-state index contributed by atoms with van der Waals surface area (Å²) in [5.41, 5.74) is 0. The molecule has 1 saturated carbocycles. The first-order valence-corrected chi connectivity index (χ1v) is 7.72. The molecule has 0 aromatic heterocycles.